The van der Waals surface area contributed by atoms with Crippen molar-refractivity contribution >= 4 is 42.1 Å². The van der Waals surface area contributed by atoms with Crippen molar-refractivity contribution in [3.8, 4) is 11.1 Å². The highest BCUT2D eigenvalue weighted by molar-refractivity contribution is 8.34. The molecule has 0 aromatic heterocycles. The van der Waals surface area contributed by atoms with Crippen molar-refractivity contribution < 1.29 is 0 Å². The van der Waals surface area contributed by atoms with E-state index in [1.807, 2.05) is 0 Å². The standard InChI is InChI=1S/C23H23P2/c1-24-25(2,3)22-16-15-18-10-5-7-13-20(18)23(22)21-14-8-11-17-9-4-6-12-19(17)21/h4-16,24H,1-3H3/q+1. The molecule has 0 aliphatic rings. The van der Waals surface area contributed by atoms with Gasteiger partial charge in [-0.15, -0.1) is 0 Å². The molecule has 1 atom stereocenters. The van der Waals surface area contributed by atoms with Crippen molar-refractivity contribution in [3.05, 3.63) is 78.9 Å². The third-order valence-electron chi connectivity index (χ3n) is 5.13. The summed E-state index contributed by atoms with van der Waals surface area (Å²) in [6, 6.07) is 29.0. The molecule has 0 bridgehead atoms. The van der Waals surface area contributed by atoms with Gasteiger partial charge in [0.15, 0.2) is 0 Å². The lowest BCUT2D eigenvalue weighted by Crippen LogP contribution is -2.10. The molecule has 0 spiro atoms. The molecule has 0 aliphatic carbocycles. The molecule has 0 radical (unpaired) electrons. The van der Waals surface area contributed by atoms with Gasteiger partial charge in [-0.05, 0) is 39.8 Å². The van der Waals surface area contributed by atoms with E-state index in [0.29, 0.717) is 0 Å². The molecule has 0 heterocycles. The van der Waals surface area contributed by atoms with Crippen LogP contribution in [0.2, 0.25) is 0 Å². The van der Waals surface area contributed by atoms with Crippen molar-refractivity contribution in [2.45, 2.75) is 0 Å². The lowest BCUT2D eigenvalue weighted by molar-refractivity contribution is 1.70. The molecular weight excluding hydrogens is 338 g/mol. The zero-order valence-electron chi connectivity index (χ0n) is 15.0. The van der Waals surface area contributed by atoms with Gasteiger partial charge in [0.1, 0.15) is 5.30 Å². The highest BCUT2D eigenvalue weighted by Gasteiger charge is 2.31. The van der Waals surface area contributed by atoms with Crippen LogP contribution in [-0.4, -0.2) is 20.0 Å². The van der Waals surface area contributed by atoms with Gasteiger partial charge in [0.25, 0.3) is 0 Å². The van der Waals surface area contributed by atoms with E-state index < -0.39 is 6.95 Å². The summed E-state index contributed by atoms with van der Waals surface area (Å²) in [5.41, 5.74) is 2.82. The largest absolute Gasteiger partial charge is 0.104 e. The fraction of sp³-hybridized carbons (Fsp3) is 0.130. The number of fused-ring (bicyclic) bond motifs is 2. The molecule has 4 aromatic carbocycles. The summed E-state index contributed by atoms with van der Waals surface area (Å²) >= 11 is 0. The highest BCUT2D eigenvalue weighted by Crippen LogP contribution is 2.67. The average molecular weight is 361 g/mol. The lowest BCUT2D eigenvalue weighted by Gasteiger charge is -2.21. The summed E-state index contributed by atoms with van der Waals surface area (Å²) < 4.78 is 0. The minimum absolute atomic E-state index is 0.962. The SMILES string of the molecule is CP[P+](C)(C)c1ccc2ccccc2c1-c1cccc2ccccc12. The molecule has 4 rings (SSSR count). The zero-order chi connectivity index (χ0) is 17.4. The van der Waals surface area contributed by atoms with Crippen LogP contribution in [0.1, 0.15) is 0 Å². The number of rotatable bonds is 3. The highest BCUT2D eigenvalue weighted by atomic mass is 32.1. The molecule has 0 saturated carbocycles. The predicted molar refractivity (Wildman–Crippen MR) is 120 cm³/mol. The van der Waals surface area contributed by atoms with Gasteiger partial charge < -0.3 is 0 Å². The molecule has 0 fully saturated rings. The Hall–Kier alpha value is -1.74. The third-order valence-corrected chi connectivity index (χ3v) is 11.9. The van der Waals surface area contributed by atoms with Gasteiger partial charge in [-0.2, -0.15) is 0 Å². The maximum absolute atomic E-state index is 2.48. The summed E-state index contributed by atoms with van der Waals surface area (Å²) in [4.78, 5) is 0. The maximum Gasteiger partial charge on any atom is 0.104 e. The summed E-state index contributed by atoms with van der Waals surface area (Å²) in [6.07, 6.45) is 0. The third kappa shape index (κ3) is 2.89. The van der Waals surface area contributed by atoms with E-state index in [1.165, 1.54) is 32.7 Å². The van der Waals surface area contributed by atoms with Crippen LogP contribution in [0, 0.1) is 0 Å². The van der Waals surface area contributed by atoms with E-state index in [-0.39, 0.29) is 0 Å². The summed E-state index contributed by atoms with van der Waals surface area (Å²) in [5.74, 6) is 0. The topological polar surface area (TPSA) is 0 Å². The van der Waals surface area contributed by atoms with Gasteiger partial charge >= 0.3 is 0 Å². The number of benzene rings is 4. The molecule has 2 heteroatoms. The first kappa shape index (κ1) is 16.7. The Morgan fingerprint density at radius 1 is 0.640 bits per heavy atom. The van der Waals surface area contributed by atoms with Gasteiger partial charge in [0.2, 0.25) is 0 Å². The van der Waals surface area contributed by atoms with Crippen LogP contribution in [0.4, 0.5) is 0 Å². The molecule has 0 saturated heterocycles. The predicted octanol–water partition coefficient (Wildman–Crippen LogP) is 6.79. The minimum Gasteiger partial charge on any atom is -0.0616 e. The maximum atomic E-state index is 2.48. The van der Waals surface area contributed by atoms with E-state index >= 15 is 0 Å². The molecule has 25 heavy (non-hydrogen) atoms. The molecule has 0 amide bonds. The first-order valence-corrected chi connectivity index (χ1v) is 13.7. The second kappa shape index (κ2) is 6.53. The quantitative estimate of drug-likeness (QED) is 0.353. The van der Waals surface area contributed by atoms with Crippen LogP contribution in [0.3, 0.4) is 0 Å². The Balaban J connectivity index is 2.17. The Labute approximate surface area is 152 Å². The number of hydrogen-bond donors (Lipinski definition) is 0. The van der Waals surface area contributed by atoms with Crippen molar-refractivity contribution in [2.75, 3.05) is 20.0 Å². The lowest BCUT2D eigenvalue weighted by atomic mass is 9.94. The summed E-state index contributed by atoms with van der Waals surface area (Å²) in [6.45, 7) is 6.18. The molecule has 0 nitrogen and oxygen atoms in total. The van der Waals surface area contributed by atoms with Crippen LogP contribution in [0.15, 0.2) is 78.9 Å². The van der Waals surface area contributed by atoms with Gasteiger partial charge in [-0.3, -0.25) is 0 Å². The second-order valence-corrected chi connectivity index (χ2v) is 15.4. The smallest absolute Gasteiger partial charge is 0.0616 e. The van der Waals surface area contributed by atoms with Crippen LogP contribution in [0.25, 0.3) is 32.7 Å². The molecule has 1 unspecified atom stereocenters. The summed E-state index contributed by atoms with van der Waals surface area (Å²) in [7, 11) is 0.962. The Bertz CT molecular complexity index is 1060. The van der Waals surface area contributed by atoms with E-state index in [2.05, 4.69) is 98.9 Å². The van der Waals surface area contributed by atoms with Gasteiger partial charge in [0.05, 0.1) is 20.3 Å². The van der Waals surface area contributed by atoms with Crippen LogP contribution < -0.4 is 5.30 Å². The fourth-order valence-corrected chi connectivity index (χ4v) is 6.34. The van der Waals surface area contributed by atoms with Gasteiger partial charge in [0, 0.05) is 13.8 Å². The molecule has 4 aromatic rings. The van der Waals surface area contributed by atoms with Crippen molar-refractivity contribution in [1.82, 2.24) is 0 Å². The normalized spacial score (nSPS) is 12.4. The number of hydrogen-bond acceptors (Lipinski definition) is 0. The van der Waals surface area contributed by atoms with Gasteiger partial charge in [-0.25, -0.2) is 0 Å². The average Bonchev–Trinajstić information content (AvgIpc) is 2.66. The van der Waals surface area contributed by atoms with E-state index in [9.17, 15) is 0 Å². The van der Waals surface area contributed by atoms with Gasteiger partial charge in [-0.1, -0.05) is 72.8 Å². The van der Waals surface area contributed by atoms with Crippen LogP contribution in [0.5, 0.6) is 0 Å². The van der Waals surface area contributed by atoms with Crippen molar-refractivity contribution in [3.63, 3.8) is 0 Å². The molecular formula is C23H23P2+. The molecule has 124 valence electrons. The van der Waals surface area contributed by atoms with Crippen LogP contribution in [-0.2, 0) is 0 Å². The molecule has 0 aliphatic heterocycles. The van der Waals surface area contributed by atoms with E-state index in [0.717, 1.165) is 8.27 Å². The Morgan fingerprint density at radius 3 is 1.96 bits per heavy atom. The van der Waals surface area contributed by atoms with Crippen molar-refractivity contribution in [2.24, 2.45) is 0 Å². The minimum atomic E-state index is -1.13. The Morgan fingerprint density at radius 2 is 1.24 bits per heavy atom. The fourth-order valence-electron chi connectivity index (χ4n) is 3.57. The zero-order valence-corrected chi connectivity index (χ0v) is 16.8. The molecule has 0 N–H and O–H groups in total. The van der Waals surface area contributed by atoms with Crippen molar-refractivity contribution in [1.29, 1.82) is 0 Å². The Kier molecular flexibility index (Phi) is 4.36. The second-order valence-electron chi connectivity index (χ2n) is 6.88. The van der Waals surface area contributed by atoms with E-state index in [4.69, 9.17) is 0 Å². The first-order chi connectivity index (χ1) is 12.1. The first-order valence-electron chi connectivity index (χ1n) is 8.65. The monoisotopic (exact) mass is 361 g/mol. The van der Waals surface area contributed by atoms with E-state index in [1.54, 1.807) is 5.30 Å². The van der Waals surface area contributed by atoms with Crippen LogP contribution >= 0.6 is 15.2 Å². The summed E-state index contributed by atoms with van der Waals surface area (Å²) in [5, 5.41) is 6.93.